The van der Waals surface area contributed by atoms with E-state index in [1.807, 2.05) is 0 Å². The summed E-state index contributed by atoms with van der Waals surface area (Å²) in [7, 11) is 0. The lowest BCUT2D eigenvalue weighted by molar-refractivity contribution is 0.0697. The lowest BCUT2D eigenvalue weighted by Crippen LogP contribution is -2.38. The predicted octanol–water partition coefficient (Wildman–Crippen LogP) is 3.04. The third-order valence-electron chi connectivity index (χ3n) is 4.09. The van der Waals surface area contributed by atoms with Gasteiger partial charge in [-0.1, -0.05) is 20.8 Å². The molecule has 1 aromatic rings. The molecule has 0 atom stereocenters. The van der Waals surface area contributed by atoms with E-state index in [9.17, 15) is 9.90 Å². The summed E-state index contributed by atoms with van der Waals surface area (Å²) in [5, 5.41) is 9.21. The van der Waals surface area contributed by atoms with E-state index >= 15 is 0 Å². The Morgan fingerprint density at radius 2 is 2.00 bits per heavy atom. The fourth-order valence-corrected chi connectivity index (χ4v) is 2.81. The van der Waals surface area contributed by atoms with Crippen molar-refractivity contribution in [1.82, 2.24) is 4.98 Å². The number of hydrogen-bond donors (Lipinski definition) is 1. The van der Waals surface area contributed by atoms with Gasteiger partial charge in [0, 0.05) is 25.5 Å². The van der Waals surface area contributed by atoms with Gasteiger partial charge in [0.15, 0.2) is 0 Å². The van der Waals surface area contributed by atoms with Crippen LogP contribution in [0, 0.1) is 11.3 Å². The minimum atomic E-state index is -0.902. The largest absolute Gasteiger partial charge is 0.478 e. The average molecular weight is 262 g/mol. The molecule has 4 heteroatoms. The molecule has 4 nitrogen and oxygen atoms in total. The summed E-state index contributed by atoms with van der Waals surface area (Å²) < 4.78 is 0. The molecule has 1 aromatic heterocycles. The number of carbonyl (C=O) groups is 1. The fourth-order valence-electron chi connectivity index (χ4n) is 2.81. The summed E-state index contributed by atoms with van der Waals surface area (Å²) in [6.07, 6.45) is 5.33. The summed E-state index contributed by atoms with van der Waals surface area (Å²) >= 11 is 0. The summed E-state index contributed by atoms with van der Waals surface area (Å²) in [4.78, 5) is 17.3. The molecule has 1 aliphatic heterocycles. The Labute approximate surface area is 114 Å². The number of anilines is 1. The number of pyridine rings is 1. The lowest BCUT2D eigenvalue weighted by Gasteiger charge is -2.40. The standard InChI is InChI=1S/C15H22N2O2/c1-15(2,3)11-5-8-17(9-6-11)13-4-7-16-10-12(13)14(18)19/h4,7,10-11H,5-6,8-9H2,1-3H3,(H,18,19). The van der Waals surface area contributed by atoms with Crippen LogP contribution in [0.3, 0.4) is 0 Å². The summed E-state index contributed by atoms with van der Waals surface area (Å²) in [5.74, 6) is -0.195. The maximum Gasteiger partial charge on any atom is 0.339 e. The van der Waals surface area contributed by atoms with Crippen molar-refractivity contribution in [2.75, 3.05) is 18.0 Å². The van der Waals surface area contributed by atoms with Crippen LogP contribution in [-0.2, 0) is 0 Å². The molecule has 0 spiro atoms. The van der Waals surface area contributed by atoms with Crippen molar-refractivity contribution < 1.29 is 9.90 Å². The molecule has 104 valence electrons. The number of nitrogens with zero attached hydrogens (tertiary/aromatic N) is 2. The van der Waals surface area contributed by atoms with Crippen molar-refractivity contribution in [3.8, 4) is 0 Å². The summed E-state index contributed by atoms with van der Waals surface area (Å²) in [5.41, 5.74) is 1.44. The van der Waals surface area contributed by atoms with E-state index in [2.05, 4.69) is 30.7 Å². The van der Waals surface area contributed by atoms with Crippen LogP contribution in [0.1, 0.15) is 44.0 Å². The normalized spacial score (nSPS) is 17.5. The van der Waals surface area contributed by atoms with E-state index in [4.69, 9.17) is 0 Å². The second-order valence-corrected chi connectivity index (χ2v) is 6.33. The third kappa shape index (κ3) is 3.06. The Morgan fingerprint density at radius 1 is 1.37 bits per heavy atom. The molecule has 2 rings (SSSR count). The van der Waals surface area contributed by atoms with Crippen LogP contribution in [0.2, 0.25) is 0 Å². The van der Waals surface area contributed by atoms with Gasteiger partial charge in [0.1, 0.15) is 5.56 Å². The smallest absolute Gasteiger partial charge is 0.339 e. The first kappa shape index (κ1) is 13.8. The molecule has 1 fully saturated rings. The molecule has 0 saturated carbocycles. The molecular formula is C15H22N2O2. The van der Waals surface area contributed by atoms with Crippen LogP contribution in [0.15, 0.2) is 18.5 Å². The van der Waals surface area contributed by atoms with Gasteiger partial charge in [0.05, 0.1) is 5.69 Å². The Balaban J connectivity index is 2.12. The van der Waals surface area contributed by atoms with Crippen LogP contribution < -0.4 is 4.90 Å². The van der Waals surface area contributed by atoms with E-state index in [-0.39, 0.29) is 0 Å². The van der Waals surface area contributed by atoms with E-state index in [0.29, 0.717) is 16.9 Å². The van der Waals surface area contributed by atoms with Gasteiger partial charge in [-0.05, 0) is 30.2 Å². The average Bonchev–Trinajstić information content (AvgIpc) is 2.38. The van der Waals surface area contributed by atoms with Gasteiger partial charge in [-0.25, -0.2) is 4.79 Å². The molecule has 0 amide bonds. The maximum absolute atomic E-state index is 11.2. The maximum atomic E-state index is 11.2. The van der Waals surface area contributed by atoms with Gasteiger partial charge >= 0.3 is 5.97 Å². The molecule has 2 heterocycles. The number of aromatic carboxylic acids is 1. The van der Waals surface area contributed by atoms with E-state index in [1.165, 1.54) is 6.20 Å². The monoisotopic (exact) mass is 262 g/mol. The fraction of sp³-hybridized carbons (Fsp3) is 0.600. The number of rotatable bonds is 2. The number of hydrogen-bond acceptors (Lipinski definition) is 3. The SMILES string of the molecule is CC(C)(C)C1CCN(c2ccncc2C(=O)O)CC1. The van der Waals surface area contributed by atoms with Gasteiger partial charge in [-0.15, -0.1) is 0 Å². The first-order valence-electron chi connectivity index (χ1n) is 6.82. The third-order valence-corrected chi connectivity index (χ3v) is 4.09. The second kappa shape index (κ2) is 5.19. The first-order valence-corrected chi connectivity index (χ1v) is 6.82. The topological polar surface area (TPSA) is 53.4 Å². The highest BCUT2D eigenvalue weighted by molar-refractivity contribution is 5.94. The zero-order valence-electron chi connectivity index (χ0n) is 11.9. The molecule has 0 radical (unpaired) electrons. The summed E-state index contributed by atoms with van der Waals surface area (Å²) in [6, 6.07) is 1.81. The van der Waals surface area contributed by atoms with Gasteiger partial charge in [0.2, 0.25) is 0 Å². The summed E-state index contributed by atoms with van der Waals surface area (Å²) in [6.45, 7) is 8.69. The Morgan fingerprint density at radius 3 is 2.53 bits per heavy atom. The van der Waals surface area contributed by atoms with Crippen LogP contribution in [0.25, 0.3) is 0 Å². The molecule has 0 aliphatic carbocycles. The molecule has 0 bridgehead atoms. The van der Waals surface area contributed by atoms with Crippen LogP contribution >= 0.6 is 0 Å². The van der Waals surface area contributed by atoms with Gasteiger partial charge in [-0.2, -0.15) is 0 Å². The quantitative estimate of drug-likeness (QED) is 0.890. The van der Waals surface area contributed by atoms with Gasteiger partial charge in [0.25, 0.3) is 0 Å². The highest BCUT2D eigenvalue weighted by Gasteiger charge is 2.29. The van der Waals surface area contributed by atoms with Crippen LogP contribution in [-0.4, -0.2) is 29.1 Å². The van der Waals surface area contributed by atoms with Crippen molar-refractivity contribution in [3.63, 3.8) is 0 Å². The van der Waals surface area contributed by atoms with E-state index in [1.54, 1.807) is 12.3 Å². The Bertz CT molecular complexity index is 457. The highest BCUT2D eigenvalue weighted by Crippen LogP contribution is 2.36. The Hall–Kier alpha value is -1.58. The van der Waals surface area contributed by atoms with Crippen LogP contribution in [0.4, 0.5) is 5.69 Å². The number of aromatic nitrogens is 1. The zero-order chi connectivity index (χ0) is 14.0. The molecule has 19 heavy (non-hydrogen) atoms. The molecule has 1 saturated heterocycles. The van der Waals surface area contributed by atoms with Gasteiger partial charge < -0.3 is 10.0 Å². The van der Waals surface area contributed by atoms with Crippen molar-refractivity contribution in [2.24, 2.45) is 11.3 Å². The van der Waals surface area contributed by atoms with Crippen molar-refractivity contribution in [2.45, 2.75) is 33.6 Å². The number of carboxylic acids is 1. The van der Waals surface area contributed by atoms with Crippen LogP contribution in [0.5, 0.6) is 0 Å². The van der Waals surface area contributed by atoms with Crippen molar-refractivity contribution in [1.29, 1.82) is 0 Å². The predicted molar refractivity (Wildman–Crippen MR) is 75.6 cm³/mol. The van der Waals surface area contributed by atoms with Gasteiger partial charge in [-0.3, -0.25) is 4.98 Å². The molecular weight excluding hydrogens is 240 g/mol. The van der Waals surface area contributed by atoms with E-state index < -0.39 is 5.97 Å². The highest BCUT2D eigenvalue weighted by atomic mass is 16.4. The van der Waals surface area contributed by atoms with E-state index in [0.717, 1.165) is 31.6 Å². The molecule has 0 aromatic carbocycles. The second-order valence-electron chi connectivity index (χ2n) is 6.33. The molecule has 0 unspecified atom stereocenters. The lowest BCUT2D eigenvalue weighted by atomic mass is 9.75. The Kier molecular flexibility index (Phi) is 3.78. The molecule has 1 N–H and O–H groups in total. The number of piperidine rings is 1. The van der Waals surface area contributed by atoms with Crippen molar-refractivity contribution >= 4 is 11.7 Å². The van der Waals surface area contributed by atoms with Crippen molar-refractivity contribution in [3.05, 3.63) is 24.0 Å². The molecule has 1 aliphatic rings. The minimum absolute atomic E-state index is 0.303. The first-order chi connectivity index (χ1) is 8.89. The number of carboxylic acid groups (broad SMARTS) is 1. The zero-order valence-corrected chi connectivity index (χ0v) is 11.9. The minimum Gasteiger partial charge on any atom is -0.478 e.